The van der Waals surface area contributed by atoms with Crippen molar-refractivity contribution in [1.29, 1.82) is 0 Å². The van der Waals surface area contributed by atoms with Crippen molar-refractivity contribution in [3.05, 3.63) is 29.8 Å². The Hall–Kier alpha value is -2.49. The minimum absolute atomic E-state index is 0.0466. The quantitative estimate of drug-likeness (QED) is 0.786. The first kappa shape index (κ1) is 20.8. The van der Waals surface area contributed by atoms with Gasteiger partial charge in [0.1, 0.15) is 18.5 Å². The Bertz CT molecular complexity index is 778. The summed E-state index contributed by atoms with van der Waals surface area (Å²) in [5.74, 6) is 0.231. The number of carbonyl (C=O) groups is 2. The van der Waals surface area contributed by atoms with Crippen LogP contribution in [0.5, 0.6) is 5.75 Å². The topological polar surface area (TPSA) is 71.1 Å². The van der Waals surface area contributed by atoms with Crippen LogP contribution < -0.4 is 10.1 Å². The summed E-state index contributed by atoms with van der Waals surface area (Å²) < 4.78 is 49.3. The number of fused-ring (bicyclic) bond motifs is 1. The number of piperidine rings is 2. The fraction of sp³-hybridized carbons (Fsp3) is 0.600. The predicted molar refractivity (Wildman–Crippen MR) is 99.9 cm³/mol. The molecule has 0 spiro atoms. The molecule has 3 amide bonds. The Balaban J connectivity index is 1.26. The van der Waals surface area contributed by atoms with Gasteiger partial charge in [0.25, 0.3) is 0 Å². The number of alkyl halides is 3. The summed E-state index contributed by atoms with van der Waals surface area (Å²) in [6, 6.07) is 4.41. The molecule has 1 N–H and O–H groups in total. The largest absolute Gasteiger partial charge is 0.490 e. The highest BCUT2D eigenvalue weighted by molar-refractivity contribution is 5.79. The lowest BCUT2D eigenvalue weighted by molar-refractivity contribution is -0.140. The summed E-state index contributed by atoms with van der Waals surface area (Å²) >= 11 is 0. The van der Waals surface area contributed by atoms with Crippen LogP contribution in [0.25, 0.3) is 0 Å². The van der Waals surface area contributed by atoms with Crippen LogP contribution in [-0.4, -0.2) is 72.8 Å². The first-order valence-corrected chi connectivity index (χ1v) is 10.1. The van der Waals surface area contributed by atoms with Gasteiger partial charge in [0.2, 0.25) is 5.91 Å². The van der Waals surface area contributed by atoms with E-state index in [-0.39, 0.29) is 36.8 Å². The molecule has 0 saturated carbocycles. The lowest BCUT2D eigenvalue weighted by Gasteiger charge is -2.43. The number of hydrogen-bond donors (Lipinski definition) is 1. The molecule has 10 heteroatoms. The molecule has 3 aliphatic rings. The number of rotatable bonds is 2. The van der Waals surface area contributed by atoms with E-state index in [4.69, 9.17) is 9.47 Å². The molecule has 2 atom stereocenters. The van der Waals surface area contributed by atoms with Gasteiger partial charge in [-0.05, 0) is 30.7 Å². The number of amides is 3. The zero-order valence-electron chi connectivity index (χ0n) is 16.4. The molecule has 0 aromatic heterocycles. The Morgan fingerprint density at radius 3 is 2.40 bits per heavy atom. The normalized spacial score (nSPS) is 25.5. The van der Waals surface area contributed by atoms with Gasteiger partial charge in [-0.2, -0.15) is 13.2 Å². The maximum Gasteiger partial charge on any atom is 0.416 e. The second-order valence-electron chi connectivity index (χ2n) is 7.87. The molecule has 164 valence electrons. The summed E-state index contributed by atoms with van der Waals surface area (Å²) in [7, 11) is 0. The summed E-state index contributed by atoms with van der Waals surface area (Å²) in [5.41, 5.74) is -0.710. The van der Waals surface area contributed by atoms with Crippen molar-refractivity contribution in [1.82, 2.24) is 15.1 Å². The van der Waals surface area contributed by atoms with Crippen LogP contribution in [0.2, 0.25) is 0 Å². The van der Waals surface area contributed by atoms with Crippen LogP contribution in [0.15, 0.2) is 24.3 Å². The molecule has 0 aliphatic carbocycles. The van der Waals surface area contributed by atoms with E-state index in [1.165, 1.54) is 12.1 Å². The Morgan fingerprint density at radius 1 is 1.07 bits per heavy atom. The van der Waals surface area contributed by atoms with Crippen LogP contribution in [0.1, 0.15) is 24.8 Å². The van der Waals surface area contributed by atoms with Crippen LogP contribution in [0.4, 0.5) is 18.0 Å². The van der Waals surface area contributed by atoms with Gasteiger partial charge in [-0.1, -0.05) is 0 Å². The van der Waals surface area contributed by atoms with Gasteiger partial charge in [-0.3, -0.25) is 4.79 Å². The SMILES string of the molecule is O=C1COC2CCN(C(=O)N3CCC(Oc4ccc(C(F)(F)F)cc4)CC3)C[C@H]2N1. The van der Waals surface area contributed by atoms with Gasteiger partial charge in [-0.15, -0.1) is 0 Å². The molecular weight excluding hydrogens is 403 g/mol. The first-order chi connectivity index (χ1) is 14.3. The van der Waals surface area contributed by atoms with E-state index < -0.39 is 11.7 Å². The third kappa shape index (κ3) is 4.63. The Labute approximate surface area is 172 Å². The number of hydrogen-bond acceptors (Lipinski definition) is 4. The number of morpholine rings is 1. The van der Waals surface area contributed by atoms with E-state index in [0.29, 0.717) is 51.2 Å². The molecule has 1 aromatic rings. The summed E-state index contributed by atoms with van der Waals surface area (Å²) in [4.78, 5) is 27.9. The monoisotopic (exact) mass is 427 g/mol. The number of nitrogens with one attached hydrogen (secondary N) is 1. The molecule has 3 heterocycles. The van der Waals surface area contributed by atoms with Gasteiger partial charge in [0.15, 0.2) is 0 Å². The maximum atomic E-state index is 12.9. The fourth-order valence-electron chi connectivity index (χ4n) is 4.15. The highest BCUT2D eigenvalue weighted by atomic mass is 19.4. The summed E-state index contributed by atoms with van der Waals surface area (Å²) in [5, 5.41) is 2.89. The molecule has 3 fully saturated rings. The summed E-state index contributed by atoms with van der Waals surface area (Å²) in [6.07, 6.45) is -2.67. The number of halogens is 3. The third-order valence-corrected chi connectivity index (χ3v) is 5.79. The minimum Gasteiger partial charge on any atom is -0.490 e. The second kappa shape index (κ2) is 8.33. The van der Waals surface area contributed by atoms with Crippen LogP contribution in [-0.2, 0) is 15.7 Å². The van der Waals surface area contributed by atoms with E-state index in [1.807, 2.05) is 0 Å². The molecule has 3 saturated heterocycles. The van der Waals surface area contributed by atoms with E-state index in [9.17, 15) is 22.8 Å². The van der Waals surface area contributed by atoms with Gasteiger partial charge in [0, 0.05) is 39.0 Å². The van der Waals surface area contributed by atoms with Crippen molar-refractivity contribution in [3.63, 3.8) is 0 Å². The Kier molecular flexibility index (Phi) is 5.77. The molecule has 0 radical (unpaired) electrons. The average Bonchev–Trinajstić information content (AvgIpc) is 2.73. The smallest absolute Gasteiger partial charge is 0.416 e. The van der Waals surface area contributed by atoms with Crippen molar-refractivity contribution in [2.45, 2.75) is 43.7 Å². The minimum atomic E-state index is -4.37. The molecule has 4 rings (SSSR count). The van der Waals surface area contributed by atoms with Crippen LogP contribution >= 0.6 is 0 Å². The summed E-state index contributed by atoms with van der Waals surface area (Å²) in [6.45, 7) is 2.10. The lowest BCUT2D eigenvalue weighted by atomic mass is 10.0. The maximum absolute atomic E-state index is 12.9. The van der Waals surface area contributed by atoms with Crippen molar-refractivity contribution in [2.24, 2.45) is 0 Å². The second-order valence-corrected chi connectivity index (χ2v) is 7.87. The van der Waals surface area contributed by atoms with Crippen molar-refractivity contribution >= 4 is 11.9 Å². The first-order valence-electron chi connectivity index (χ1n) is 10.1. The van der Waals surface area contributed by atoms with Gasteiger partial charge >= 0.3 is 12.2 Å². The highest BCUT2D eigenvalue weighted by Gasteiger charge is 2.38. The van der Waals surface area contributed by atoms with Crippen molar-refractivity contribution < 1.29 is 32.2 Å². The zero-order chi connectivity index (χ0) is 21.3. The molecule has 1 aromatic carbocycles. The molecule has 1 unspecified atom stereocenters. The molecular formula is C20H24F3N3O4. The van der Waals surface area contributed by atoms with Crippen molar-refractivity contribution in [3.8, 4) is 5.75 Å². The van der Waals surface area contributed by atoms with Gasteiger partial charge in [-0.25, -0.2) is 4.79 Å². The predicted octanol–water partition coefficient (Wildman–Crippen LogP) is 2.26. The van der Waals surface area contributed by atoms with Gasteiger partial charge < -0.3 is 24.6 Å². The number of likely N-dealkylation sites (tertiary alicyclic amines) is 2. The van der Waals surface area contributed by atoms with Crippen LogP contribution in [0, 0.1) is 0 Å². The number of benzene rings is 1. The van der Waals surface area contributed by atoms with E-state index in [2.05, 4.69) is 5.32 Å². The highest BCUT2D eigenvalue weighted by Crippen LogP contribution is 2.31. The van der Waals surface area contributed by atoms with E-state index in [1.54, 1.807) is 9.80 Å². The van der Waals surface area contributed by atoms with E-state index in [0.717, 1.165) is 12.1 Å². The number of carbonyl (C=O) groups excluding carboxylic acids is 2. The van der Waals surface area contributed by atoms with Gasteiger partial charge in [0.05, 0.1) is 17.7 Å². The fourth-order valence-corrected chi connectivity index (χ4v) is 4.15. The lowest BCUT2D eigenvalue weighted by Crippen LogP contribution is -2.62. The van der Waals surface area contributed by atoms with E-state index >= 15 is 0 Å². The average molecular weight is 427 g/mol. The third-order valence-electron chi connectivity index (χ3n) is 5.79. The standard InChI is InChI=1S/C20H24F3N3O4/c21-20(22,23)13-1-3-14(4-2-13)30-15-5-8-25(9-6-15)19(28)26-10-7-17-16(11-26)24-18(27)12-29-17/h1-4,15-17H,5-12H2,(H,24,27)/t16-,17?/m1/s1. The number of urea groups is 1. The molecule has 0 bridgehead atoms. The molecule has 30 heavy (non-hydrogen) atoms. The number of nitrogens with zero attached hydrogens (tertiary/aromatic N) is 2. The van der Waals surface area contributed by atoms with Crippen LogP contribution in [0.3, 0.4) is 0 Å². The zero-order valence-corrected chi connectivity index (χ0v) is 16.4. The number of ether oxygens (including phenoxy) is 2. The Morgan fingerprint density at radius 2 is 1.73 bits per heavy atom. The molecule has 3 aliphatic heterocycles. The molecule has 7 nitrogen and oxygen atoms in total. The van der Waals surface area contributed by atoms with Crippen molar-refractivity contribution in [2.75, 3.05) is 32.8 Å².